The number of nitrogens with one attached hydrogen (secondary N) is 1. The molecule has 6 heteroatoms. The Morgan fingerprint density at radius 3 is 2.24 bits per heavy atom. The highest BCUT2D eigenvalue weighted by molar-refractivity contribution is 5.97. The first-order chi connectivity index (χ1) is 9.79. The number of rotatable bonds is 5. The Bertz CT molecular complexity index is 572. The third-order valence-corrected chi connectivity index (χ3v) is 2.51. The van der Waals surface area contributed by atoms with E-state index in [0.29, 0.717) is 11.3 Å². The van der Waals surface area contributed by atoms with Crippen molar-refractivity contribution in [2.75, 3.05) is 5.32 Å². The van der Waals surface area contributed by atoms with E-state index in [0.717, 1.165) is 5.57 Å². The number of esters is 1. The molecule has 6 nitrogen and oxygen atoms in total. The third kappa shape index (κ3) is 5.48. The Kier molecular flexibility index (Phi) is 5.66. The predicted octanol–water partition coefficient (Wildman–Crippen LogP) is 1.62. The number of anilines is 1. The van der Waals surface area contributed by atoms with Crippen LogP contribution in [0.3, 0.4) is 0 Å². The molecular weight excluding hydrogens is 272 g/mol. The van der Waals surface area contributed by atoms with Crippen molar-refractivity contribution in [1.29, 1.82) is 0 Å². The van der Waals surface area contributed by atoms with Crippen molar-refractivity contribution in [3.8, 4) is 0 Å². The van der Waals surface area contributed by atoms with Gasteiger partial charge < -0.3 is 15.8 Å². The van der Waals surface area contributed by atoms with Crippen molar-refractivity contribution in [2.45, 2.75) is 26.9 Å². The second-order valence-electron chi connectivity index (χ2n) is 4.73. The lowest BCUT2D eigenvalue weighted by molar-refractivity contribution is -0.148. The van der Waals surface area contributed by atoms with Crippen LogP contribution >= 0.6 is 0 Å². The Labute approximate surface area is 123 Å². The lowest BCUT2D eigenvalue weighted by Gasteiger charge is -2.12. The molecular formula is C15H18N2O4. The zero-order valence-corrected chi connectivity index (χ0v) is 12.2. The van der Waals surface area contributed by atoms with Gasteiger partial charge in [0.15, 0.2) is 6.10 Å². The molecule has 112 valence electrons. The molecule has 1 atom stereocenters. The van der Waals surface area contributed by atoms with E-state index in [-0.39, 0.29) is 0 Å². The van der Waals surface area contributed by atoms with Crippen molar-refractivity contribution < 1.29 is 19.1 Å². The van der Waals surface area contributed by atoms with Gasteiger partial charge in [-0.05, 0) is 45.0 Å². The second-order valence-corrected chi connectivity index (χ2v) is 4.73. The van der Waals surface area contributed by atoms with Crippen LogP contribution in [0, 0.1) is 0 Å². The van der Waals surface area contributed by atoms with Crippen LogP contribution in [0.2, 0.25) is 0 Å². The minimum absolute atomic E-state index is 0.344. The van der Waals surface area contributed by atoms with E-state index in [2.05, 4.69) is 5.32 Å². The standard InChI is InChI=1S/C15H18N2O4/c1-9(2)8-13(18)21-10(3)15(20)17-12-6-4-11(5-7-12)14(16)19/h4-8,10H,1-3H3,(H2,16,19)(H,17,20)/t10-/m1/s1. The summed E-state index contributed by atoms with van der Waals surface area (Å²) < 4.78 is 4.96. The van der Waals surface area contributed by atoms with Crippen molar-refractivity contribution in [3.63, 3.8) is 0 Å². The average molecular weight is 290 g/mol. The third-order valence-electron chi connectivity index (χ3n) is 2.51. The quantitative estimate of drug-likeness (QED) is 0.636. The molecule has 1 rings (SSSR count). The van der Waals surface area contributed by atoms with Crippen LogP contribution in [-0.2, 0) is 14.3 Å². The topological polar surface area (TPSA) is 98.5 Å². The van der Waals surface area contributed by atoms with Gasteiger partial charge in [0.05, 0.1) is 0 Å². The monoisotopic (exact) mass is 290 g/mol. The van der Waals surface area contributed by atoms with Crippen LogP contribution in [0.15, 0.2) is 35.9 Å². The summed E-state index contributed by atoms with van der Waals surface area (Å²) in [4.78, 5) is 34.2. The van der Waals surface area contributed by atoms with E-state index in [1.807, 2.05) is 0 Å². The average Bonchev–Trinajstić information content (AvgIpc) is 2.38. The lowest BCUT2D eigenvalue weighted by Crippen LogP contribution is -2.29. The summed E-state index contributed by atoms with van der Waals surface area (Å²) in [5, 5.41) is 2.58. The fourth-order valence-corrected chi connectivity index (χ4v) is 1.46. The summed E-state index contributed by atoms with van der Waals surface area (Å²) in [5.74, 6) is -1.57. The van der Waals surface area contributed by atoms with Crippen molar-refractivity contribution in [1.82, 2.24) is 0 Å². The number of allylic oxidation sites excluding steroid dienone is 1. The Morgan fingerprint density at radius 1 is 1.19 bits per heavy atom. The summed E-state index contributed by atoms with van der Waals surface area (Å²) in [7, 11) is 0. The number of ether oxygens (including phenoxy) is 1. The number of amides is 2. The summed E-state index contributed by atoms with van der Waals surface area (Å²) in [6.07, 6.45) is 0.384. The van der Waals surface area contributed by atoms with Gasteiger partial charge in [0.25, 0.3) is 5.91 Å². The van der Waals surface area contributed by atoms with Crippen LogP contribution < -0.4 is 11.1 Å². The number of benzene rings is 1. The van der Waals surface area contributed by atoms with Crippen LogP contribution in [0.5, 0.6) is 0 Å². The molecule has 0 fully saturated rings. The molecule has 0 saturated carbocycles. The normalized spacial score (nSPS) is 11.2. The summed E-state index contributed by atoms with van der Waals surface area (Å²) in [6.45, 7) is 4.99. The molecule has 0 unspecified atom stereocenters. The van der Waals surface area contributed by atoms with Gasteiger partial charge in [-0.1, -0.05) is 5.57 Å². The van der Waals surface area contributed by atoms with Crippen molar-refractivity contribution >= 4 is 23.5 Å². The number of hydrogen-bond acceptors (Lipinski definition) is 4. The van der Waals surface area contributed by atoms with E-state index < -0.39 is 23.9 Å². The predicted molar refractivity (Wildman–Crippen MR) is 78.6 cm³/mol. The van der Waals surface area contributed by atoms with Gasteiger partial charge >= 0.3 is 5.97 Å². The first-order valence-corrected chi connectivity index (χ1v) is 6.36. The molecule has 0 aliphatic heterocycles. The van der Waals surface area contributed by atoms with Gasteiger partial charge in [-0.2, -0.15) is 0 Å². The molecule has 0 spiro atoms. The van der Waals surface area contributed by atoms with Crippen LogP contribution in [-0.4, -0.2) is 23.9 Å². The number of carbonyl (C=O) groups is 3. The molecule has 0 aliphatic rings. The Hall–Kier alpha value is -2.63. The second kappa shape index (κ2) is 7.23. The number of carbonyl (C=O) groups excluding carboxylic acids is 3. The molecule has 0 aliphatic carbocycles. The minimum atomic E-state index is -0.927. The summed E-state index contributed by atoms with van der Waals surface area (Å²) in [5.41, 5.74) is 6.73. The minimum Gasteiger partial charge on any atom is -0.449 e. The van der Waals surface area contributed by atoms with Crippen LogP contribution in [0.4, 0.5) is 5.69 Å². The molecule has 0 heterocycles. The van der Waals surface area contributed by atoms with Crippen molar-refractivity contribution in [3.05, 3.63) is 41.5 Å². The molecule has 2 amide bonds. The fraction of sp³-hybridized carbons (Fsp3) is 0.267. The maximum absolute atomic E-state index is 11.9. The first kappa shape index (κ1) is 16.4. The van der Waals surface area contributed by atoms with Crippen LogP contribution in [0.1, 0.15) is 31.1 Å². The Morgan fingerprint density at radius 2 is 1.76 bits per heavy atom. The van der Waals surface area contributed by atoms with E-state index in [9.17, 15) is 14.4 Å². The molecule has 21 heavy (non-hydrogen) atoms. The molecule has 1 aromatic carbocycles. The molecule has 0 radical (unpaired) electrons. The van der Waals surface area contributed by atoms with Gasteiger partial charge in [0.2, 0.25) is 5.91 Å². The molecule has 3 N–H and O–H groups in total. The highest BCUT2D eigenvalue weighted by Crippen LogP contribution is 2.10. The highest BCUT2D eigenvalue weighted by atomic mass is 16.5. The lowest BCUT2D eigenvalue weighted by atomic mass is 10.2. The Balaban J connectivity index is 2.61. The van der Waals surface area contributed by atoms with E-state index >= 15 is 0 Å². The number of primary amides is 1. The smallest absolute Gasteiger partial charge is 0.331 e. The van der Waals surface area contributed by atoms with Gasteiger partial charge in [0, 0.05) is 17.3 Å². The zero-order chi connectivity index (χ0) is 16.0. The molecule has 0 aromatic heterocycles. The van der Waals surface area contributed by atoms with E-state index in [1.54, 1.807) is 26.0 Å². The van der Waals surface area contributed by atoms with E-state index in [1.165, 1.54) is 25.1 Å². The molecule has 0 bridgehead atoms. The zero-order valence-electron chi connectivity index (χ0n) is 12.2. The van der Waals surface area contributed by atoms with E-state index in [4.69, 9.17) is 10.5 Å². The van der Waals surface area contributed by atoms with Gasteiger partial charge in [-0.15, -0.1) is 0 Å². The largest absolute Gasteiger partial charge is 0.449 e. The highest BCUT2D eigenvalue weighted by Gasteiger charge is 2.16. The summed E-state index contributed by atoms with van der Waals surface area (Å²) >= 11 is 0. The maximum Gasteiger partial charge on any atom is 0.331 e. The first-order valence-electron chi connectivity index (χ1n) is 6.36. The molecule has 1 aromatic rings. The molecule has 0 saturated heterocycles. The van der Waals surface area contributed by atoms with Gasteiger partial charge in [0.1, 0.15) is 0 Å². The van der Waals surface area contributed by atoms with Gasteiger partial charge in [-0.25, -0.2) is 4.79 Å². The number of hydrogen-bond donors (Lipinski definition) is 2. The summed E-state index contributed by atoms with van der Waals surface area (Å²) in [6, 6.07) is 6.08. The SMILES string of the molecule is CC(C)=CC(=O)O[C@H](C)C(=O)Nc1ccc(C(N)=O)cc1. The number of nitrogens with two attached hydrogens (primary N) is 1. The maximum atomic E-state index is 11.9. The van der Waals surface area contributed by atoms with Crippen molar-refractivity contribution in [2.24, 2.45) is 5.73 Å². The fourth-order valence-electron chi connectivity index (χ4n) is 1.46. The van der Waals surface area contributed by atoms with Crippen LogP contribution in [0.25, 0.3) is 0 Å². The van der Waals surface area contributed by atoms with Gasteiger partial charge in [-0.3, -0.25) is 9.59 Å².